The second kappa shape index (κ2) is 4.76. The molecule has 3 rings (SSSR count). The van der Waals surface area contributed by atoms with Gasteiger partial charge >= 0.3 is 0 Å². The van der Waals surface area contributed by atoms with E-state index >= 15 is 0 Å². The maximum absolute atomic E-state index is 4.70. The van der Waals surface area contributed by atoms with E-state index in [1.807, 2.05) is 14.1 Å². The summed E-state index contributed by atoms with van der Waals surface area (Å²) in [6.45, 7) is 0. The minimum Gasteiger partial charge on any atom is -0.378 e. The van der Waals surface area contributed by atoms with E-state index in [-0.39, 0.29) is 0 Å². The zero-order valence-electron chi connectivity index (χ0n) is 11.2. The van der Waals surface area contributed by atoms with Crippen LogP contribution in [0.2, 0.25) is 0 Å². The lowest BCUT2D eigenvalue weighted by molar-refractivity contribution is 1.10. The SMILES string of the molecule is CN(C)c1ccn2cc(C3=CC=CCC=C3)nc2c1. The second-order valence-electron chi connectivity index (χ2n) is 4.86. The molecule has 0 aliphatic heterocycles. The Kier molecular flexibility index (Phi) is 2.95. The van der Waals surface area contributed by atoms with Crippen molar-refractivity contribution in [1.82, 2.24) is 9.38 Å². The Balaban J connectivity index is 2.06. The minimum absolute atomic E-state index is 0.976. The average Bonchev–Trinajstić information content (AvgIpc) is 2.64. The van der Waals surface area contributed by atoms with Crippen LogP contribution in [0.1, 0.15) is 12.1 Å². The summed E-state index contributed by atoms with van der Waals surface area (Å²) in [4.78, 5) is 6.79. The lowest BCUT2D eigenvalue weighted by atomic mass is 10.2. The monoisotopic (exact) mass is 251 g/mol. The molecule has 1 aliphatic rings. The molecule has 0 bridgehead atoms. The number of allylic oxidation sites excluding steroid dienone is 6. The van der Waals surface area contributed by atoms with Crippen LogP contribution in [-0.4, -0.2) is 23.5 Å². The number of fused-ring (bicyclic) bond motifs is 1. The van der Waals surface area contributed by atoms with Gasteiger partial charge in [0.05, 0.1) is 5.69 Å². The summed E-state index contributed by atoms with van der Waals surface area (Å²) in [6, 6.07) is 4.19. The normalized spacial score (nSPS) is 14.5. The molecule has 0 saturated heterocycles. The molecule has 0 radical (unpaired) electrons. The molecule has 19 heavy (non-hydrogen) atoms. The number of pyridine rings is 1. The quantitative estimate of drug-likeness (QED) is 0.816. The Bertz CT molecular complexity index is 687. The summed E-state index contributed by atoms with van der Waals surface area (Å²) in [5.74, 6) is 0. The lowest BCUT2D eigenvalue weighted by Crippen LogP contribution is -2.08. The standard InChI is InChI=1S/C16H17N3/c1-18(2)14-9-10-19-12-15(17-16(19)11-14)13-7-5-3-4-6-8-13/h3,5-12H,4H2,1-2H3. The van der Waals surface area contributed by atoms with Crippen molar-refractivity contribution in [3.05, 3.63) is 60.6 Å². The fraction of sp³-hybridized carbons (Fsp3) is 0.188. The number of nitrogens with zero attached hydrogens (tertiary/aromatic N) is 3. The number of imidazole rings is 1. The van der Waals surface area contributed by atoms with E-state index < -0.39 is 0 Å². The molecule has 2 heterocycles. The molecule has 3 nitrogen and oxygen atoms in total. The summed E-state index contributed by atoms with van der Waals surface area (Å²) in [5.41, 5.74) is 4.31. The molecule has 2 aromatic heterocycles. The van der Waals surface area contributed by atoms with Crippen molar-refractivity contribution in [3.63, 3.8) is 0 Å². The Hall–Kier alpha value is -2.29. The van der Waals surface area contributed by atoms with Crippen LogP contribution in [0.5, 0.6) is 0 Å². The number of hydrogen-bond donors (Lipinski definition) is 0. The van der Waals surface area contributed by atoms with Gasteiger partial charge in [-0.1, -0.05) is 30.4 Å². The summed E-state index contributed by atoms with van der Waals surface area (Å²) < 4.78 is 2.06. The van der Waals surface area contributed by atoms with Crippen LogP contribution in [0.4, 0.5) is 5.69 Å². The van der Waals surface area contributed by atoms with Gasteiger partial charge in [0.25, 0.3) is 0 Å². The van der Waals surface area contributed by atoms with E-state index in [2.05, 4.69) is 64.2 Å². The van der Waals surface area contributed by atoms with Crippen LogP contribution in [0.25, 0.3) is 11.2 Å². The van der Waals surface area contributed by atoms with E-state index in [4.69, 9.17) is 4.98 Å². The molecule has 1 aliphatic carbocycles. The smallest absolute Gasteiger partial charge is 0.139 e. The van der Waals surface area contributed by atoms with E-state index in [1.165, 1.54) is 0 Å². The van der Waals surface area contributed by atoms with Crippen LogP contribution in [-0.2, 0) is 0 Å². The molecule has 0 spiro atoms. The molecule has 3 heteroatoms. The Morgan fingerprint density at radius 2 is 2.16 bits per heavy atom. The van der Waals surface area contributed by atoms with Crippen molar-refractivity contribution in [3.8, 4) is 0 Å². The first-order valence-electron chi connectivity index (χ1n) is 6.44. The molecule has 96 valence electrons. The molecule has 0 amide bonds. The summed E-state index contributed by atoms with van der Waals surface area (Å²) in [5, 5.41) is 0. The second-order valence-corrected chi connectivity index (χ2v) is 4.86. The molecule has 0 atom stereocenters. The average molecular weight is 251 g/mol. The van der Waals surface area contributed by atoms with Gasteiger partial charge in [-0.25, -0.2) is 4.98 Å². The fourth-order valence-corrected chi connectivity index (χ4v) is 2.14. The van der Waals surface area contributed by atoms with Crippen LogP contribution in [0.15, 0.2) is 54.9 Å². The highest BCUT2D eigenvalue weighted by atomic mass is 15.1. The summed E-state index contributed by atoms with van der Waals surface area (Å²) >= 11 is 0. The molecule has 0 fully saturated rings. The first-order chi connectivity index (χ1) is 9.24. The molecular weight excluding hydrogens is 234 g/mol. The third-order valence-corrected chi connectivity index (χ3v) is 3.24. The molecule has 0 unspecified atom stereocenters. The van der Waals surface area contributed by atoms with E-state index in [1.54, 1.807) is 0 Å². The van der Waals surface area contributed by atoms with Crippen molar-refractivity contribution in [2.75, 3.05) is 19.0 Å². The first kappa shape index (κ1) is 11.8. The van der Waals surface area contributed by atoms with Gasteiger partial charge in [0, 0.05) is 43.8 Å². The number of anilines is 1. The van der Waals surface area contributed by atoms with Gasteiger partial charge in [-0.3, -0.25) is 0 Å². The van der Waals surface area contributed by atoms with Gasteiger partial charge in [-0.05, 0) is 12.5 Å². The highest BCUT2D eigenvalue weighted by Crippen LogP contribution is 2.20. The van der Waals surface area contributed by atoms with Gasteiger partial charge in [0.1, 0.15) is 5.65 Å². The topological polar surface area (TPSA) is 20.5 Å². The lowest BCUT2D eigenvalue weighted by Gasteiger charge is -2.11. The Morgan fingerprint density at radius 3 is 3.00 bits per heavy atom. The third kappa shape index (κ3) is 2.32. The number of hydrogen-bond acceptors (Lipinski definition) is 2. The minimum atomic E-state index is 0.976. The van der Waals surface area contributed by atoms with Crippen LogP contribution in [0.3, 0.4) is 0 Å². The molecule has 0 aromatic carbocycles. The van der Waals surface area contributed by atoms with Gasteiger partial charge < -0.3 is 9.30 Å². The molecule has 2 aromatic rings. The maximum atomic E-state index is 4.70. The fourth-order valence-electron chi connectivity index (χ4n) is 2.14. The maximum Gasteiger partial charge on any atom is 0.139 e. The summed E-state index contributed by atoms with van der Waals surface area (Å²) in [7, 11) is 4.08. The van der Waals surface area contributed by atoms with E-state index in [0.29, 0.717) is 0 Å². The van der Waals surface area contributed by atoms with E-state index in [9.17, 15) is 0 Å². The van der Waals surface area contributed by atoms with Crippen molar-refractivity contribution >= 4 is 16.9 Å². The Morgan fingerprint density at radius 1 is 1.26 bits per heavy atom. The predicted octanol–water partition coefficient (Wildman–Crippen LogP) is 3.30. The predicted molar refractivity (Wildman–Crippen MR) is 80.4 cm³/mol. The highest BCUT2D eigenvalue weighted by Gasteiger charge is 2.06. The van der Waals surface area contributed by atoms with Crippen LogP contribution >= 0.6 is 0 Å². The molecular formula is C16H17N3. The first-order valence-corrected chi connectivity index (χ1v) is 6.44. The highest BCUT2D eigenvalue weighted by molar-refractivity contribution is 5.75. The third-order valence-electron chi connectivity index (χ3n) is 3.24. The van der Waals surface area contributed by atoms with Gasteiger partial charge in [-0.15, -0.1) is 0 Å². The Labute approximate surface area is 113 Å². The van der Waals surface area contributed by atoms with Crippen molar-refractivity contribution < 1.29 is 0 Å². The molecule has 0 N–H and O–H groups in total. The number of aromatic nitrogens is 2. The van der Waals surface area contributed by atoms with Crippen molar-refractivity contribution in [2.24, 2.45) is 0 Å². The molecule has 0 saturated carbocycles. The van der Waals surface area contributed by atoms with Gasteiger partial charge in [0.2, 0.25) is 0 Å². The van der Waals surface area contributed by atoms with Gasteiger partial charge in [0.15, 0.2) is 0 Å². The van der Waals surface area contributed by atoms with Gasteiger partial charge in [-0.2, -0.15) is 0 Å². The van der Waals surface area contributed by atoms with Crippen molar-refractivity contribution in [2.45, 2.75) is 6.42 Å². The van der Waals surface area contributed by atoms with Crippen LogP contribution in [0, 0.1) is 0 Å². The van der Waals surface area contributed by atoms with Crippen molar-refractivity contribution in [1.29, 1.82) is 0 Å². The van der Waals surface area contributed by atoms with Crippen LogP contribution < -0.4 is 4.90 Å². The zero-order valence-corrected chi connectivity index (χ0v) is 11.2. The zero-order chi connectivity index (χ0) is 13.2. The summed E-state index contributed by atoms with van der Waals surface area (Å²) in [6.07, 6.45) is 15.7. The largest absolute Gasteiger partial charge is 0.378 e. The number of rotatable bonds is 2. The van der Waals surface area contributed by atoms with E-state index in [0.717, 1.165) is 29.0 Å².